The summed E-state index contributed by atoms with van der Waals surface area (Å²) in [6.45, 7) is 8.27. The van der Waals surface area contributed by atoms with Gasteiger partial charge in [0.1, 0.15) is 17.8 Å². The molecule has 58 heavy (non-hydrogen) atoms. The van der Waals surface area contributed by atoms with Gasteiger partial charge >= 0.3 is 0 Å². The predicted molar refractivity (Wildman–Crippen MR) is 234 cm³/mol. The predicted octanol–water partition coefficient (Wildman–Crippen LogP) is 14.5. The van der Waals surface area contributed by atoms with Gasteiger partial charge in [-0.1, -0.05) is 76.8 Å². The number of benzene rings is 4. The van der Waals surface area contributed by atoms with Gasteiger partial charge < -0.3 is 9.47 Å². The van der Waals surface area contributed by atoms with Gasteiger partial charge in [-0.25, -0.2) is 9.97 Å². The van der Waals surface area contributed by atoms with E-state index in [0.29, 0.717) is 31.0 Å². The molecule has 6 aromatic rings. The normalized spacial score (nSPS) is 13.1. The second kappa shape index (κ2) is 22.6. The van der Waals surface area contributed by atoms with Crippen molar-refractivity contribution in [1.82, 2.24) is 15.0 Å². The van der Waals surface area contributed by atoms with Crippen molar-refractivity contribution in [1.29, 1.82) is 0 Å². The Morgan fingerprint density at radius 2 is 0.983 bits per heavy atom. The number of aromatic nitrogens is 3. The van der Waals surface area contributed by atoms with Crippen LogP contribution in [-0.2, 0) is 0 Å². The molecule has 3 atom stereocenters. The molecule has 0 saturated heterocycles. The van der Waals surface area contributed by atoms with E-state index in [1.807, 2.05) is 115 Å². The summed E-state index contributed by atoms with van der Waals surface area (Å²) in [4.78, 5) is 12.4. The molecule has 2 heterocycles. The second-order valence-electron chi connectivity index (χ2n) is 14.8. The average Bonchev–Trinajstić information content (AvgIpc) is 3.29. The third-order valence-electron chi connectivity index (χ3n) is 10.6. The van der Waals surface area contributed by atoms with Crippen LogP contribution in [0, 0.1) is 17.8 Å². The third kappa shape index (κ3) is 13.0. The number of azo groups is 2. The maximum Gasteiger partial charge on any atom is 0.119 e. The lowest BCUT2D eigenvalue weighted by Gasteiger charge is -2.28. The molecule has 6 rings (SSSR count). The molecule has 4 aromatic carbocycles. The number of nitrogens with zero attached hydrogens (tertiary/aromatic N) is 7. The molecule has 0 amide bonds. The van der Waals surface area contributed by atoms with Crippen molar-refractivity contribution in [2.75, 3.05) is 13.2 Å². The van der Waals surface area contributed by atoms with Crippen molar-refractivity contribution in [2.45, 2.75) is 72.1 Å². The zero-order chi connectivity index (χ0) is 40.2. The van der Waals surface area contributed by atoms with Gasteiger partial charge in [0.05, 0.1) is 36.0 Å². The van der Waals surface area contributed by atoms with Crippen molar-refractivity contribution < 1.29 is 9.47 Å². The Morgan fingerprint density at radius 1 is 0.466 bits per heavy atom. The minimum Gasteiger partial charge on any atom is -0.493 e. The highest BCUT2D eigenvalue weighted by atomic mass is 16.5. The molecule has 0 aliphatic heterocycles. The van der Waals surface area contributed by atoms with E-state index in [9.17, 15) is 0 Å². The fraction of sp³-hybridized carbons (Fsp3) is 0.327. The molecule has 0 saturated carbocycles. The fourth-order valence-corrected chi connectivity index (χ4v) is 7.12. The van der Waals surface area contributed by atoms with Crippen molar-refractivity contribution in [3.05, 3.63) is 140 Å². The summed E-state index contributed by atoms with van der Waals surface area (Å²) >= 11 is 0. The molecule has 9 nitrogen and oxygen atoms in total. The van der Waals surface area contributed by atoms with Crippen molar-refractivity contribution in [2.24, 2.45) is 38.2 Å². The highest BCUT2D eigenvalue weighted by molar-refractivity contribution is 5.65. The van der Waals surface area contributed by atoms with E-state index in [-0.39, 0.29) is 0 Å². The maximum atomic E-state index is 6.39. The zero-order valence-electron chi connectivity index (χ0n) is 34.0. The van der Waals surface area contributed by atoms with E-state index in [2.05, 4.69) is 56.2 Å². The zero-order valence-corrected chi connectivity index (χ0v) is 34.0. The van der Waals surface area contributed by atoms with Crippen molar-refractivity contribution >= 4 is 22.7 Å². The summed E-state index contributed by atoms with van der Waals surface area (Å²) in [6, 6.07) is 35.7. The lowest BCUT2D eigenvalue weighted by Crippen LogP contribution is -2.23. The van der Waals surface area contributed by atoms with E-state index in [1.165, 1.54) is 44.9 Å². The monoisotopic (exact) mass is 773 g/mol. The lowest BCUT2D eigenvalue weighted by atomic mass is 9.81. The maximum absolute atomic E-state index is 6.39. The molecule has 0 radical (unpaired) electrons. The molecule has 0 spiro atoms. The molecular weight excluding hydrogens is 719 g/mol. The van der Waals surface area contributed by atoms with Crippen LogP contribution >= 0.6 is 0 Å². The highest BCUT2D eigenvalue weighted by Gasteiger charge is 2.22. The first kappa shape index (κ1) is 41.5. The lowest BCUT2D eigenvalue weighted by molar-refractivity contribution is 0.157. The Hall–Kier alpha value is -6.09. The minimum absolute atomic E-state index is 0.485. The van der Waals surface area contributed by atoms with E-state index < -0.39 is 0 Å². The SMILES string of the molecule is CCCCC(CCC(CCC)C(CC)COc1ccc(N=Nc2ccc(-c3cncnc3)cc2)cc1)COc1ccc(N=Nc2ccc(-c3cccnc3)cc2)cc1. The van der Waals surface area contributed by atoms with E-state index >= 15 is 0 Å². The smallest absolute Gasteiger partial charge is 0.119 e. The molecule has 0 bridgehead atoms. The van der Waals surface area contributed by atoms with Gasteiger partial charge in [-0.2, -0.15) is 20.5 Å². The summed E-state index contributed by atoms with van der Waals surface area (Å²) in [5.41, 5.74) is 7.35. The number of rotatable bonds is 22. The molecule has 2 aromatic heterocycles. The topological polar surface area (TPSA) is 107 Å². The summed E-state index contributed by atoms with van der Waals surface area (Å²) in [6.07, 6.45) is 18.1. The van der Waals surface area contributed by atoms with Gasteiger partial charge in [0.25, 0.3) is 0 Å². The number of hydrogen-bond acceptors (Lipinski definition) is 9. The van der Waals surface area contributed by atoms with E-state index in [0.717, 1.165) is 69.3 Å². The summed E-state index contributed by atoms with van der Waals surface area (Å²) in [5, 5.41) is 17.7. The Labute approximate surface area is 343 Å². The highest BCUT2D eigenvalue weighted by Crippen LogP contribution is 2.32. The molecular formula is C49H55N7O2. The minimum atomic E-state index is 0.485. The Kier molecular flexibility index (Phi) is 16.2. The molecule has 0 aliphatic rings. The van der Waals surface area contributed by atoms with Gasteiger partial charge in [-0.05, 0) is 139 Å². The number of ether oxygens (including phenoxy) is 2. The van der Waals surface area contributed by atoms with Crippen LogP contribution < -0.4 is 9.47 Å². The Morgan fingerprint density at radius 3 is 1.48 bits per heavy atom. The fourth-order valence-electron chi connectivity index (χ4n) is 7.12. The average molecular weight is 774 g/mol. The van der Waals surface area contributed by atoms with Gasteiger partial charge in [0.2, 0.25) is 0 Å². The molecule has 298 valence electrons. The number of unbranched alkanes of at least 4 members (excludes halogenated alkanes) is 1. The summed E-state index contributed by atoms with van der Waals surface area (Å²) < 4.78 is 12.8. The van der Waals surface area contributed by atoms with Gasteiger partial charge in [-0.15, -0.1) is 0 Å². The summed E-state index contributed by atoms with van der Waals surface area (Å²) in [7, 11) is 0. The first-order chi connectivity index (χ1) is 28.6. The van der Waals surface area contributed by atoms with Crippen LogP contribution in [0.1, 0.15) is 72.1 Å². The van der Waals surface area contributed by atoms with Crippen molar-refractivity contribution in [3.63, 3.8) is 0 Å². The van der Waals surface area contributed by atoms with Crippen LogP contribution in [-0.4, -0.2) is 28.2 Å². The van der Waals surface area contributed by atoms with E-state index in [4.69, 9.17) is 9.47 Å². The molecule has 3 unspecified atom stereocenters. The van der Waals surface area contributed by atoms with Gasteiger partial charge in [0.15, 0.2) is 0 Å². The molecule has 0 fully saturated rings. The quantitative estimate of drug-likeness (QED) is 0.0638. The van der Waals surface area contributed by atoms with Crippen LogP contribution in [0.5, 0.6) is 11.5 Å². The van der Waals surface area contributed by atoms with Crippen LogP contribution in [0.25, 0.3) is 22.3 Å². The number of pyridine rings is 1. The van der Waals surface area contributed by atoms with Crippen molar-refractivity contribution in [3.8, 4) is 33.8 Å². The van der Waals surface area contributed by atoms with E-state index in [1.54, 1.807) is 18.6 Å². The largest absolute Gasteiger partial charge is 0.493 e. The third-order valence-corrected chi connectivity index (χ3v) is 10.6. The molecule has 0 aliphatic carbocycles. The van der Waals surface area contributed by atoms with Gasteiger partial charge in [0, 0.05) is 30.4 Å². The van der Waals surface area contributed by atoms with Crippen LogP contribution in [0.2, 0.25) is 0 Å². The van der Waals surface area contributed by atoms with Crippen LogP contribution in [0.15, 0.2) is 161 Å². The standard InChI is InChI=1S/C49H55N7O2/c1-4-7-10-37(34-57-48-26-22-46(23-27-48)55-53-44-18-14-40(15-19-44)42-11-8-30-50-31-42)12-13-39(9-5-2)38(6-3)35-58-49-28-24-47(25-29-49)56-54-45-20-16-41(17-21-45)43-32-51-36-52-33-43/h8,11,14-33,36-39H,4-7,9-10,12-13,34-35H2,1-3H3. The first-order valence-corrected chi connectivity index (χ1v) is 20.7. The van der Waals surface area contributed by atoms with Crippen LogP contribution in [0.4, 0.5) is 22.7 Å². The molecule has 0 N–H and O–H groups in total. The van der Waals surface area contributed by atoms with Gasteiger partial charge in [-0.3, -0.25) is 4.98 Å². The molecule has 9 heteroatoms. The first-order valence-electron chi connectivity index (χ1n) is 20.7. The summed E-state index contributed by atoms with van der Waals surface area (Å²) in [5.74, 6) is 3.32. The Balaban J connectivity index is 0.963. The Bertz CT molecular complexity index is 2110. The number of hydrogen-bond donors (Lipinski definition) is 0. The second-order valence-corrected chi connectivity index (χ2v) is 14.8. The van der Waals surface area contributed by atoms with Crippen LogP contribution in [0.3, 0.4) is 0 Å².